The molecule has 0 heterocycles. The molecule has 0 bridgehead atoms. The molecule has 0 saturated carbocycles. The smallest absolute Gasteiger partial charge is 0.222 e. The number of nitrogens with one attached hydrogen (secondary N) is 1. The number of rotatable bonds is 6. The van der Waals surface area contributed by atoms with Gasteiger partial charge in [-0.25, -0.2) is 0 Å². The summed E-state index contributed by atoms with van der Waals surface area (Å²) >= 11 is 0. The summed E-state index contributed by atoms with van der Waals surface area (Å²) in [5.74, 6) is 0.515. The van der Waals surface area contributed by atoms with Crippen molar-refractivity contribution < 1.29 is 4.79 Å². The van der Waals surface area contributed by atoms with Gasteiger partial charge >= 0.3 is 0 Å². The number of hydrogen-bond donors (Lipinski definition) is 2. The summed E-state index contributed by atoms with van der Waals surface area (Å²) < 4.78 is 0. The van der Waals surface area contributed by atoms with Crippen molar-refractivity contribution in [1.29, 1.82) is 0 Å². The molecule has 100 valence electrons. The van der Waals surface area contributed by atoms with Crippen LogP contribution < -0.4 is 11.1 Å². The minimum absolute atomic E-state index is 0.0270. The van der Waals surface area contributed by atoms with Gasteiger partial charge < -0.3 is 11.1 Å². The Balaban J connectivity index is 2.45. The molecule has 0 spiro atoms. The quantitative estimate of drug-likeness (QED) is 0.813. The normalized spacial score (nSPS) is 15.8. The Hall–Kier alpha value is -1.35. The van der Waals surface area contributed by atoms with Gasteiger partial charge in [0, 0.05) is 18.5 Å². The standard InChI is InChI=1S/C15H24N2O/c1-4-11(2)12(3)17-15(18)10-14(16)13-8-6-5-7-9-13/h5-9,11-12,14H,4,10,16H2,1-3H3,(H,17,18). The lowest BCUT2D eigenvalue weighted by Crippen LogP contribution is -2.38. The highest BCUT2D eigenvalue weighted by Gasteiger charge is 2.16. The molecule has 3 heteroatoms. The number of carbonyl (C=O) groups excluding carboxylic acids is 1. The van der Waals surface area contributed by atoms with E-state index in [2.05, 4.69) is 19.2 Å². The zero-order valence-corrected chi connectivity index (χ0v) is 11.5. The van der Waals surface area contributed by atoms with E-state index >= 15 is 0 Å². The van der Waals surface area contributed by atoms with Crippen LogP contribution in [0.15, 0.2) is 30.3 Å². The minimum atomic E-state index is -0.227. The highest BCUT2D eigenvalue weighted by Crippen LogP contribution is 2.14. The van der Waals surface area contributed by atoms with E-state index in [4.69, 9.17) is 5.73 Å². The molecule has 0 aliphatic carbocycles. The van der Waals surface area contributed by atoms with Crippen molar-refractivity contribution in [3.63, 3.8) is 0 Å². The van der Waals surface area contributed by atoms with E-state index in [-0.39, 0.29) is 18.0 Å². The van der Waals surface area contributed by atoms with Gasteiger partial charge in [0.15, 0.2) is 0 Å². The molecule has 1 rings (SSSR count). The van der Waals surface area contributed by atoms with Crippen molar-refractivity contribution in [3.8, 4) is 0 Å². The van der Waals surface area contributed by atoms with Gasteiger partial charge in [-0.3, -0.25) is 4.79 Å². The fourth-order valence-electron chi connectivity index (χ4n) is 1.83. The van der Waals surface area contributed by atoms with Crippen molar-refractivity contribution in [3.05, 3.63) is 35.9 Å². The van der Waals surface area contributed by atoms with Crippen molar-refractivity contribution in [1.82, 2.24) is 5.32 Å². The number of benzene rings is 1. The zero-order valence-electron chi connectivity index (χ0n) is 11.5. The van der Waals surface area contributed by atoms with Gasteiger partial charge in [-0.1, -0.05) is 50.6 Å². The molecule has 3 N–H and O–H groups in total. The van der Waals surface area contributed by atoms with E-state index in [9.17, 15) is 4.79 Å². The molecule has 18 heavy (non-hydrogen) atoms. The molecular weight excluding hydrogens is 224 g/mol. The molecule has 0 aliphatic heterocycles. The van der Waals surface area contributed by atoms with Crippen LogP contribution in [0.2, 0.25) is 0 Å². The molecule has 3 atom stereocenters. The van der Waals surface area contributed by atoms with Gasteiger partial charge in [0.25, 0.3) is 0 Å². The maximum absolute atomic E-state index is 11.9. The second-order valence-electron chi connectivity index (χ2n) is 4.96. The Morgan fingerprint density at radius 1 is 1.28 bits per heavy atom. The lowest BCUT2D eigenvalue weighted by atomic mass is 10.00. The first-order chi connectivity index (χ1) is 8.54. The third-order valence-electron chi connectivity index (χ3n) is 3.52. The van der Waals surface area contributed by atoms with Gasteiger partial charge in [0.2, 0.25) is 5.91 Å². The SMILES string of the molecule is CCC(C)C(C)NC(=O)CC(N)c1ccccc1. The lowest BCUT2D eigenvalue weighted by molar-refractivity contribution is -0.122. The fraction of sp³-hybridized carbons (Fsp3) is 0.533. The van der Waals surface area contributed by atoms with E-state index in [1.807, 2.05) is 37.3 Å². The van der Waals surface area contributed by atoms with Crippen LogP contribution in [0.5, 0.6) is 0 Å². The van der Waals surface area contributed by atoms with Crippen molar-refractivity contribution in [2.75, 3.05) is 0 Å². The number of amides is 1. The van der Waals surface area contributed by atoms with Crippen molar-refractivity contribution >= 4 is 5.91 Å². The Labute approximate surface area is 110 Å². The molecule has 3 nitrogen and oxygen atoms in total. The first kappa shape index (κ1) is 14.7. The number of carbonyl (C=O) groups is 1. The summed E-state index contributed by atoms with van der Waals surface area (Å²) in [6.07, 6.45) is 1.40. The molecule has 0 radical (unpaired) electrons. The first-order valence-corrected chi connectivity index (χ1v) is 6.64. The van der Waals surface area contributed by atoms with E-state index < -0.39 is 0 Å². The molecule has 1 aromatic carbocycles. The maximum Gasteiger partial charge on any atom is 0.222 e. The third-order valence-corrected chi connectivity index (χ3v) is 3.52. The number of hydrogen-bond acceptors (Lipinski definition) is 2. The Morgan fingerprint density at radius 3 is 2.44 bits per heavy atom. The predicted octanol–water partition coefficient (Wildman–Crippen LogP) is 2.63. The molecular formula is C15H24N2O. The third kappa shape index (κ3) is 4.49. The van der Waals surface area contributed by atoms with Crippen LogP contribution in [0.25, 0.3) is 0 Å². The monoisotopic (exact) mass is 248 g/mol. The summed E-state index contributed by atoms with van der Waals surface area (Å²) in [4.78, 5) is 11.9. The van der Waals surface area contributed by atoms with Crippen LogP contribution in [-0.2, 0) is 4.79 Å². The second kappa shape index (κ2) is 7.17. The molecule has 1 aromatic rings. The van der Waals surface area contributed by atoms with Gasteiger partial charge in [0.05, 0.1) is 0 Å². The van der Waals surface area contributed by atoms with Gasteiger partial charge in [-0.2, -0.15) is 0 Å². The molecule has 0 aliphatic rings. The highest BCUT2D eigenvalue weighted by molar-refractivity contribution is 5.77. The molecule has 0 saturated heterocycles. The predicted molar refractivity (Wildman–Crippen MR) is 75.0 cm³/mol. The van der Waals surface area contributed by atoms with Crippen molar-refractivity contribution in [2.24, 2.45) is 11.7 Å². The van der Waals surface area contributed by atoms with Gasteiger partial charge in [-0.05, 0) is 18.4 Å². The summed E-state index contributed by atoms with van der Waals surface area (Å²) in [7, 11) is 0. The molecule has 3 unspecified atom stereocenters. The van der Waals surface area contributed by atoms with Crippen molar-refractivity contribution in [2.45, 2.75) is 45.7 Å². The van der Waals surface area contributed by atoms with Crippen LogP contribution in [0.1, 0.15) is 45.2 Å². The minimum Gasteiger partial charge on any atom is -0.353 e. The Morgan fingerprint density at radius 2 is 1.89 bits per heavy atom. The van der Waals surface area contributed by atoms with E-state index in [0.29, 0.717) is 12.3 Å². The Kier molecular flexibility index (Phi) is 5.86. The summed E-state index contributed by atoms with van der Waals surface area (Å²) in [6.45, 7) is 6.31. The Bertz CT molecular complexity index is 364. The van der Waals surface area contributed by atoms with Crippen LogP contribution >= 0.6 is 0 Å². The van der Waals surface area contributed by atoms with Crippen LogP contribution in [0, 0.1) is 5.92 Å². The maximum atomic E-state index is 11.9. The lowest BCUT2D eigenvalue weighted by Gasteiger charge is -2.21. The summed E-state index contributed by atoms with van der Waals surface area (Å²) in [5.41, 5.74) is 7.02. The highest BCUT2D eigenvalue weighted by atomic mass is 16.1. The number of nitrogens with two attached hydrogens (primary N) is 1. The summed E-state index contributed by atoms with van der Waals surface area (Å²) in [6, 6.07) is 9.71. The largest absolute Gasteiger partial charge is 0.353 e. The molecule has 0 aromatic heterocycles. The fourth-order valence-corrected chi connectivity index (χ4v) is 1.83. The zero-order chi connectivity index (χ0) is 13.5. The van der Waals surface area contributed by atoms with Crippen LogP contribution in [0.4, 0.5) is 0 Å². The van der Waals surface area contributed by atoms with E-state index in [1.54, 1.807) is 0 Å². The van der Waals surface area contributed by atoms with Crippen LogP contribution in [-0.4, -0.2) is 11.9 Å². The molecule has 0 fully saturated rings. The average Bonchev–Trinajstić information content (AvgIpc) is 2.38. The van der Waals surface area contributed by atoms with Gasteiger partial charge in [0.1, 0.15) is 0 Å². The van der Waals surface area contributed by atoms with E-state index in [0.717, 1.165) is 12.0 Å². The molecule has 1 amide bonds. The van der Waals surface area contributed by atoms with Gasteiger partial charge in [-0.15, -0.1) is 0 Å². The summed E-state index contributed by atoms with van der Waals surface area (Å²) in [5, 5.41) is 3.01. The average molecular weight is 248 g/mol. The van der Waals surface area contributed by atoms with Crippen LogP contribution in [0.3, 0.4) is 0 Å². The first-order valence-electron chi connectivity index (χ1n) is 6.64. The second-order valence-corrected chi connectivity index (χ2v) is 4.96. The topological polar surface area (TPSA) is 55.1 Å². The van der Waals surface area contributed by atoms with E-state index in [1.165, 1.54) is 0 Å².